The summed E-state index contributed by atoms with van der Waals surface area (Å²) in [6.07, 6.45) is 3.15. The lowest BCUT2D eigenvalue weighted by Crippen LogP contribution is -2.50. The molecule has 2 rings (SSSR count). The Morgan fingerprint density at radius 2 is 1.96 bits per heavy atom. The molecule has 0 bridgehead atoms. The van der Waals surface area contributed by atoms with E-state index in [1.54, 1.807) is 13.8 Å². The standard InChI is InChI=1S/C15H18Cl3N3OS/c1-8(2)12(22)20-14(15(16,17)18)21-13-10(7-19)9-5-3-4-6-11(9)23-13/h8,14,21H,3-6H2,1-2H3,(H,20,22)/t14-/m0/s1. The molecule has 23 heavy (non-hydrogen) atoms. The van der Waals surface area contributed by atoms with Crippen LogP contribution in [0.5, 0.6) is 0 Å². The smallest absolute Gasteiger partial charge is 0.228 e. The summed E-state index contributed by atoms with van der Waals surface area (Å²) in [6.45, 7) is 3.52. The lowest BCUT2D eigenvalue weighted by atomic mass is 9.96. The number of nitriles is 1. The van der Waals surface area contributed by atoms with Crippen LogP contribution in [0.1, 0.15) is 42.7 Å². The number of fused-ring (bicyclic) bond motifs is 1. The molecule has 0 fully saturated rings. The number of anilines is 1. The highest BCUT2D eigenvalue weighted by atomic mass is 35.6. The van der Waals surface area contributed by atoms with Crippen molar-refractivity contribution >= 4 is 57.0 Å². The van der Waals surface area contributed by atoms with Gasteiger partial charge in [-0.05, 0) is 31.2 Å². The van der Waals surface area contributed by atoms with Gasteiger partial charge in [-0.3, -0.25) is 4.79 Å². The molecule has 1 amide bonds. The number of amides is 1. The SMILES string of the molecule is CC(C)C(=O)N[C@@H](Nc1sc2c(c1C#N)CCCC2)C(Cl)(Cl)Cl. The maximum atomic E-state index is 12.0. The molecule has 1 heterocycles. The number of rotatable bonds is 4. The second-order valence-corrected chi connectivity index (χ2v) is 9.28. The van der Waals surface area contributed by atoms with Gasteiger partial charge in [-0.1, -0.05) is 48.7 Å². The van der Waals surface area contributed by atoms with Crippen LogP contribution in [0, 0.1) is 17.2 Å². The Bertz CT molecular complexity index is 631. The first kappa shape index (κ1) is 18.7. The second kappa shape index (κ2) is 7.48. The van der Waals surface area contributed by atoms with Crippen LogP contribution in [0.25, 0.3) is 0 Å². The van der Waals surface area contributed by atoms with Gasteiger partial charge in [0.25, 0.3) is 0 Å². The summed E-state index contributed by atoms with van der Waals surface area (Å²) in [7, 11) is 0. The summed E-state index contributed by atoms with van der Waals surface area (Å²) in [6, 6.07) is 2.24. The number of hydrogen-bond acceptors (Lipinski definition) is 4. The molecule has 8 heteroatoms. The first-order chi connectivity index (χ1) is 10.7. The molecule has 1 atom stereocenters. The van der Waals surface area contributed by atoms with Gasteiger partial charge in [0.1, 0.15) is 17.2 Å². The number of hydrogen-bond donors (Lipinski definition) is 2. The third-order valence-electron chi connectivity index (χ3n) is 3.70. The second-order valence-electron chi connectivity index (χ2n) is 5.81. The maximum absolute atomic E-state index is 12.0. The minimum Gasteiger partial charge on any atom is -0.352 e. The Labute approximate surface area is 155 Å². The Morgan fingerprint density at radius 1 is 1.30 bits per heavy atom. The summed E-state index contributed by atoms with van der Waals surface area (Å²) in [5.74, 6) is -0.465. The van der Waals surface area contributed by atoms with Crippen LogP contribution in [0.15, 0.2) is 0 Å². The van der Waals surface area contributed by atoms with Crippen LogP contribution in [0.2, 0.25) is 0 Å². The van der Waals surface area contributed by atoms with Gasteiger partial charge in [-0.15, -0.1) is 11.3 Å². The molecule has 0 spiro atoms. The fourth-order valence-electron chi connectivity index (χ4n) is 2.43. The Balaban J connectivity index is 2.28. The molecule has 1 aromatic heterocycles. The molecule has 0 radical (unpaired) electrons. The summed E-state index contributed by atoms with van der Waals surface area (Å²) < 4.78 is -1.73. The van der Waals surface area contributed by atoms with Gasteiger partial charge < -0.3 is 10.6 Å². The van der Waals surface area contributed by atoms with Gasteiger partial charge in [0.05, 0.1) is 5.56 Å². The Morgan fingerprint density at radius 3 is 2.52 bits per heavy atom. The quantitative estimate of drug-likeness (QED) is 0.588. The van der Waals surface area contributed by atoms with Gasteiger partial charge in [-0.2, -0.15) is 5.26 Å². The minimum atomic E-state index is -1.73. The molecule has 0 aromatic carbocycles. The van der Waals surface area contributed by atoms with Crippen molar-refractivity contribution in [1.29, 1.82) is 5.26 Å². The molecule has 2 N–H and O–H groups in total. The van der Waals surface area contributed by atoms with E-state index in [1.165, 1.54) is 16.2 Å². The molecular weight excluding hydrogens is 377 g/mol. The predicted octanol–water partition coefficient (Wildman–Crippen LogP) is 4.38. The summed E-state index contributed by atoms with van der Waals surface area (Å²) >= 11 is 19.5. The van der Waals surface area contributed by atoms with Crippen LogP contribution in [-0.2, 0) is 17.6 Å². The number of halogens is 3. The number of carbonyl (C=O) groups excluding carboxylic acids is 1. The first-order valence-electron chi connectivity index (χ1n) is 7.42. The number of carbonyl (C=O) groups is 1. The fraction of sp³-hybridized carbons (Fsp3) is 0.600. The van der Waals surface area contributed by atoms with Crippen LogP contribution in [-0.4, -0.2) is 15.9 Å². The number of aryl methyl sites for hydroxylation is 1. The third kappa shape index (κ3) is 4.45. The lowest BCUT2D eigenvalue weighted by Gasteiger charge is -2.27. The average molecular weight is 395 g/mol. The van der Waals surface area contributed by atoms with Gasteiger partial charge in [0.15, 0.2) is 0 Å². The summed E-state index contributed by atoms with van der Waals surface area (Å²) in [5.41, 5.74) is 1.69. The van der Waals surface area contributed by atoms with Crippen molar-refractivity contribution < 1.29 is 4.79 Å². The highest BCUT2D eigenvalue weighted by Crippen LogP contribution is 2.40. The van der Waals surface area contributed by atoms with Crippen molar-refractivity contribution in [3.63, 3.8) is 0 Å². The normalized spacial score (nSPS) is 15.7. The van der Waals surface area contributed by atoms with Crippen molar-refractivity contribution in [3.05, 3.63) is 16.0 Å². The zero-order valence-corrected chi connectivity index (χ0v) is 16.0. The summed E-state index contributed by atoms with van der Waals surface area (Å²) in [5, 5.41) is 15.9. The third-order valence-corrected chi connectivity index (χ3v) is 5.57. The molecule has 4 nitrogen and oxygen atoms in total. The lowest BCUT2D eigenvalue weighted by molar-refractivity contribution is -0.124. The molecule has 1 aromatic rings. The van der Waals surface area contributed by atoms with E-state index in [0.717, 1.165) is 31.2 Å². The van der Waals surface area contributed by atoms with E-state index in [9.17, 15) is 10.1 Å². The van der Waals surface area contributed by atoms with Crippen molar-refractivity contribution in [2.45, 2.75) is 49.5 Å². The first-order valence-corrected chi connectivity index (χ1v) is 9.37. The monoisotopic (exact) mass is 393 g/mol. The minimum absolute atomic E-state index is 0.228. The van der Waals surface area contributed by atoms with E-state index in [-0.39, 0.29) is 11.8 Å². The topological polar surface area (TPSA) is 64.9 Å². The van der Waals surface area contributed by atoms with Crippen LogP contribution >= 0.6 is 46.1 Å². The average Bonchev–Trinajstić information content (AvgIpc) is 2.82. The molecule has 0 saturated carbocycles. The largest absolute Gasteiger partial charge is 0.352 e. The van der Waals surface area contributed by atoms with Gasteiger partial charge in [0.2, 0.25) is 9.70 Å². The molecule has 0 aliphatic heterocycles. The molecule has 0 saturated heterocycles. The van der Waals surface area contributed by atoms with Gasteiger partial charge in [-0.25, -0.2) is 0 Å². The van der Waals surface area contributed by atoms with Crippen molar-refractivity contribution in [3.8, 4) is 6.07 Å². The van der Waals surface area contributed by atoms with E-state index >= 15 is 0 Å². The highest BCUT2D eigenvalue weighted by molar-refractivity contribution is 7.16. The fourth-order valence-corrected chi connectivity index (χ4v) is 4.02. The van der Waals surface area contributed by atoms with E-state index in [2.05, 4.69) is 16.7 Å². The highest BCUT2D eigenvalue weighted by Gasteiger charge is 2.36. The van der Waals surface area contributed by atoms with Gasteiger partial charge in [0, 0.05) is 10.8 Å². The van der Waals surface area contributed by atoms with E-state index < -0.39 is 9.96 Å². The van der Waals surface area contributed by atoms with Crippen molar-refractivity contribution in [2.75, 3.05) is 5.32 Å². The van der Waals surface area contributed by atoms with Crippen molar-refractivity contribution in [2.24, 2.45) is 5.92 Å². The zero-order valence-electron chi connectivity index (χ0n) is 12.9. The van der Waals surface area contributed by atoms with E-state index in [4.69, 9.17) is 34.8 Å². The predicted molar refractivity (Wildman–Crippen MR) is 96.4 cm³/mol. The molecule has 1 aliphatic rings. The summed E-state index contributed by atoms with van der Waals surface area (Å²) in [4.78, 5) is 13.2. The van der Waals surface area contributed by atoms with Crippen LogP contribution < -0.4 is 10.6 Å². The number of thiophene rings is 1. The number of nitrogens with zero attached hydrogens (tertiary/aromatic N) is 1. The van der Waals surface area contributed by atoms with Crippen LogP contribution in [0.3, 0.4) is 0 Å². The molecule has 0 unspecified atom stereocenters. The van der Waals surface area contributed by atoms with Crippen molar-refractivity contribution in [1.82, 2.24) is 5.32 Å². The van der Waals surface area contributed by atoms with E-state index in [0.29, 0.717) is 10.6 Å². The number of alkyl halides is 3. The maximum Gasteiger partial charge on any atom is 0.228 e. The van der Waals surface area contributed by atoms with Gasteiger partial charge >= 0.3 is 0 Å². The molecular formula is C15H18Cl3N3OS. The zero-order chi connectivity index (χ0) is 17.2. The van der Waals surface area contributed by atoms with Crippen LogP contribution in [0.4, 0.5) is 5.00 Å². The molecule has 1 aliphatic carbocycles. The van der Waals surface area contributed by atoms with E-state index in [1.807, 2.05) is 0 Å². The Hall–Kier alpha value is -0.670. The molecule has 126 valence electrons. The number of nitrogens with one attached hydrogen (secondary N) is 2. The Kier molecular flexibility index (Phi) is 6.07.